The molecule has 1 aromatic carbocycles. The van der Waals surface area contributed by atoms with Crippen LogP contribution in [0.5, 0.6) is 0 Å². The van der Waals surface area contributed by atoms with Crippen molar-refractivity contribution >= 4 is 28.4 Å². The van der Waals surface area contributed by atoms with Crippen molar-refractivity contribution in [2.75, 3.05) is 0 Å². The van der Waals surface area contributed by atoms with Crippen LogP contribution in [0.2, 0.25) is 0 Å². The maximum Gasteiger partial charge on any atom is 0.168 e. The average molecular weight is 318 g/mol. The van der Waals surface area contributed by atoms with Gasteiger partial charge >= 0.3 is 0 Å². The maximum atomic E-state index is 11.7. The largest absolute Gasteiger partial charge is 0.382 e. The molecule has 15 heavy (non-hydrogen) atoms. The third kappa shape index (κ3) is 3.57. The van der Waals surface area contributed by atoms with E-state index in [1.54, 1.807) is 6.92 Å². The number of halogens is 1. The van der Waals surface area contributed by atoms with Crippen LogP contribution in [-0.2, 0) is 11.2 Å². The smallest absolute Gasteiger partial charge is 0.168 e. The molecule has 0 bridgehead atoms. The Bertz CT molecular complexity index is 341. The second-order valence-corrected chi connectivity index (χ2v) is 5.10. The van der Waals surface area contributed by atoms with Gasteiger partial charge in [0.15, 0.2) is 5.78 Å². The number of benzene rings is 1. The van der Waals surface area contributed by atoms with E-state index in [1.807, 2.05) is 31.2 Å². The molecule has 0 aliphatic rings. The number of hydrogen-bond acceptors (Lipinski definition) is 2. The number of carbonyl (C=O) groups excluding carboxylic acids is 1. The first-order valence-electron chi connectivity index (χ1n) is 4.96. The lowest BCUT2D eigenvalue weighted by Gasteiger charge is -2.19. The first kappa shape index (κ1) is 12.6. The SMILES string of the molecule is CCC(C)(O)C(=O)Cc1ccc(I)cc1. The first-order chi connectivity index (χ1) is 6.95. The zero-order valence-corrected chi connectivity index (χ0v) is 11.1. The Morgan fingerprint density at radius 3 is 2.40 bits per heavy atom. The summed E-state index contributed by atoms with van der Waals surface area (Å²) in [4.78, 5) is 11.7. The van der Waals surface area contributed by atoms with E-state index in [4.69, 9.17) is 0 Å². The van der Waals surface area contributed by atoms with E-state index in [9.17, 15) is 9.90 Å². The van der Waals surface area contributed by atoms with Gasteiger partial charge in [-0.15, -0.1) is 0 Å². The molecular formula is C12H15IO2. The summed E-state index contributed by atoms with van der Waals surface area (Å²) in [6.45, 7) is 3.38. The summed E-state index contributed by atoms with van der Waals surface area (Å²) in [6, 6.07) is 7.77. The zero-order chi connectivity index (χ0) is 11.5. The minimum Gasteiger partial charge on any atom is -0.382 e. The van der Waals surface area contributed by atoms with Crippen molar-refractivity contribution < 1.29 is 9.90 Å². The molecule has 0 fully saturated rings. The van der Waals surface area contributed by atoms with Crippen LogP contribution in [0.3, 0.4) is 0 Å². The zero-order valence-electron chi connectivity index (χ0n) is 8.96. The Morgan fingerprint density at radius 2 is 1.93 bits per heavy atom. The average Bonchev–Trinajstić information content (AvgIpc) is 2.21. The first-order valence-corrected chi connectivity index (χ1v) is 6.03. The Morgan fingerprint density at radius 1 is 1.40 bits per heavy atom. The van der Waals surface area contributed by atoms with Crippen LogP contribution in [0.1, 0.15) is 25.8 Å². The van der Waals surface area contributed by atoms with Gasteiger partial charge < -0.3 is 5.11 Å². The van der Waals surface area contributed by atoms with Crippen molar-refractivity contribution in [1.82, 2.24) is 0 Å². The molecule has 0 aliphatic heterocycles. The Balaban J connectivity index is 2.71. The van der Waals surface area contributed by atoms with Gasteiger partial charge in [0, 0.05) is 9.99 Å². The van der Waals surface area contributed by atoms with Gasteiger partial charge in [-0.05, 0) is 53.6 Å². The summed E-state index contributed by atoms with van der Waals surface area (Å²) >= 11 is 2.22. The summed E-state index contributed by atoms with van der Waals surface area (Å²) in [5, 5.41) is 9.76. The number of Topliss-reactive ketones (excluding diaryl/α,β-unsaturated/α-hetero) is 1. The van der Waals surface area contributed by atoms with E-state index < -0.39 is 5.60 Å². The van der Waals surface area contributed by atoms with Gasteiger partial charge in [-0.2, -0.15) is 0 Å². The quantitative estimate of drug-likeness (QED) is 0.867. The highest BCUT2D eigenvalue weighted by Gasteiger charge is 2.27. The molecule has 0 amide bonds. The second kappa shape index (κ2) is 5.07. The molecule has 0 heterocycles. The number of ketones is 1. The van der Waals surface area contributed by atoms with Gasteiger partial charge in [0.05, 0.1) is 0 Å². The van der Waals surface area contributed by atoms with Crippen LogP contribution < -0.4 is 0 Å². The molecule has 2 nitrogen and oxygen atoms in total. The summed E-state index contributed by atoms with van der Waals surface area (Å²) in [6.07, 6.45) is 0.758. The summed E-state index contributed by atoms with van der Waals surface area (Å²) in [5.41, 5.74) is -0.239. The van der Waals surface area contributed by atoms with Crippen molar-refractivity contribution in [3.8, 4) is 0 Å². The Labute approximate surface area is 104 Å². The van der Waals surface area contributed by atoms with Gasteiger partial charge in [-0.25, -0.2) is 0 Å². The summed E-state index contributed by atoms with van der Waals surface area (Å²) < 4.78 is 1.14. The molecule has 0 saturated heterocycles. The predicted octanol–water partition coefficient (Wildman–Crippen LogP) is 2.56. The molecule has 0 aliphatic carbocycles. The molecule has 0 radical (unpaired) electrons. The highest BCUT2D eigenvalue weighted by molar-refractivity contribution is 14.1. The standard InChI is InChI=1S/C12H15IO2/c1-3-12(2,15)11(14)8-9-4-6-10(13)7-5-9/h4-7,15H,3,8H2,1-2H3. The third-order valence-electron chi connectivity index (χ3n) is 2.57. The molecule has 3 heteroatoms. The molecular weight excluding hydrogens is 303 g/mol. The lowest BCUT2D eigenvalue weighted by atomic mass is 9.93. The van der Waals surface area contributed by atoms with Gasteiger partial charge in [0.1, 0.15) is 5.60 Å². The topological polar surface area (TPSA) is 37.3 Å². The van der Waals surface area contributed by atoms with Crippen LogP contribution >= 0.6 is 22.6 Å². The van der Waals surface area contributed by atoms with Gasteiger partial charge in [-0.3, -0.25) is 4.79 Å². The van der Waals surface area contributed by atoms with Crippen LogP contribution in [0.15, 0.2) is 24.3 Å². The highest BCUT2D eigenvalue weighted by atomic mass is 127. The Hall–Kier alpha value is -0.420. The van der Waals surface area contributed by atoms with Gasteiger partial charge in [0.2, 0.25) is 0 Å². The van der Waals surface area contributed by atoms with Crippen molar-refractivity contribution in [2.45, 2.75) is 32.3 Å². The molecule has 0 saturated carbocycles. The normalized spacial score (nSPS) is 14.7. The fraction of sp³-hybridized carbons (Fsp3) is 0.417. The number of aliphatic hydroxyl groups is 1. The van der Waals surface area contributed by atoms with Crippen molar-refractivity contribution in [3.05, 3.63) is 33.4 Å². The van der Waals surface area contributed by atoms with Crippen molar-refractivity contribution in [2.24, 2.45) is 0 Å². The van der Waals surface area contributed by atoms with E-state index in [-0.39, 0.29) is 5.78 Å². The molecule has 0 aromatic heterocycles. The number of rotatable bonds is 4. The number of carbonyl (C=O) groups is 1. The molecule has 82 valence electrons. The van der Waals surface area contributed by atoms with E-state index in [0.717, 1.165) is 9.13 Å². The minimum atomic E-state index is -1.19. The van der Waals surface area contributed by atoms with Crippen LogP contribution in [0, 0.1) is 3.57 Å². The lowest BCUT2D eigenvalue weighted by molar-refractivity contribution is -0.135. The molecule has 1 unspecified atom stereocenters. The molecule has 1 N–H and O–H groups in total. The second-order valence-electron chi connectivity index (χ2n) is 3.85. The van der Waals surface area contributed by atoms with Crippen molar-refractivity contribution in [3.63, 3.8) is 0 Å². The minimum absolute atomic E-state index is 0.119. The van der Waals surface area contributed by atoms with E-state index in [1.165, 1.54) is 0 Å². The van der Waals surface area contributed by atoms with Crippen LogP contribution in [0.4, 0.5) is 0 Å². The Kier molecular flexibility index (Phi) is 4.28. The highest BCUT2D eigenvalue weighted by Crippen LogP contribution is 2.14. The lowest BCUT2D eigenvalue weighted by Crippen LogP contribution is -2.35. The van der Waals surface area contributed by atoms with Crippen LogP contribution in [0.25, 0.3) is 0 Å². The van der Waals surface area contributed by atoms with E-state index in [2.05, 4.69) is 22.6 Å². The van der Waals surface area contributed by atoms with Gasteiger partial charge in [-0.1, -0.05) is 19.1 Å². The fourth-order valence-electron chi connectivity index (χ4n) is 1.18. The van der Waals surface area contributed by atoms with E-state index in [0.29, 0.717) is 12.8 Å². The molecule has 1 aromatic rings. The summed E-state index contributed by atoms with van der Waals surface area (Å²) in [5.74, 6) is -0.119. The fourth-order valence-corrected chi connectivity index (χ4v) is 1.53. The predicted molar refractivity (Wildman–Crippen MR) is 68.8 cm³/mol. The molecule has 1 atom stereocenters. The maximum absolute atomic E-state index is 11.7. The van der Waals surface area contributed by atoms with E-state index >= 15 is 0 Å². The van der Waals surface area contributed by atoms with Crippen molar-refractivity contribution in [1.29, 1.82) is 0 Å². The summed E-state index contributed by atoms with van der Waals surface area (Å²) in [7, 11) is 0. The van der Waals surface area contributed by atoms with Crippen LogP contribution in [-0.4, -0.2) is 16.5 Å². The number of hydrogen-bond donors (Lipinski definition) is 1. The molecule has 0 spiro atoms. The monoisotopic (exact) mass is 318 g/mol. The third-order valence-corrected chi connectivity index (χ3v) is 3.29. The van der Waals surface area contributed by atoms with Gasteiger partial charge in [0.25, 0.3) is 0 Å². The molecule has 1 rings (SSSR count).